The first-order chi connectivity index (χ1) is 13.7. The number of nitrogens with one attached hydrogen (secondary N) is 1. The molecule has 0 fully saturated rings. The molecule has 5 nitrogen and oxygen atoms in total. The highest BCUT2D eigenvalue weighted by molar-refractivity contribution is 6.30. The minimum Gasteiger partial charge on any atom is -0.484 e. The van der Waals surface area contributed by atoms with Gasteiger partial charge in [0.15, 0.2) is 6.61 Å². The number of benzene rings is 3. The molecule has 0 radical (unpaired) electrons. The number of fused-ring (bicyclic) bond motifs is 1. The number of ether oxygens (including phenoxy) is 1. The van der Waals surface area contributed by atoms with Crippen LogP contribution in [0.3, 0.4) is 0 Å². The van der Waals surface area contributed by atoms with E-state index in [-0.39, 0.29) is 12.5 Å². The molecule has 0 spiro atoms. The molecule has 0 aliphatic carbocycles. The van der Waals surface area contributed by atoms with Gasteiger partial charge in [-0.25, -0.2) is 4.68 Å². The summed E-state index contributed by atoms with van der Waals surface area (Å²) in [6.07, 6.45) is 3.57. The molecule has 0 saturated heterocycles. The highest BCUT2D eigenvalue weighted by atomic mass is 35.5. The van der Waals surface area contributed by atoms with Gasteiger partial charge in [0, 0.05) is 23.3 Å². The summed E-state index contributed by atoms with van der Waals surface area (Å²) in [5.74, 6) is 0.478. The molecular formula is C22H18ClN3O2. The molecule has 4 rings (SSSR count). The van der Waals surface area contributed by atoms with Crippen LogP contribution in [0.1, 0.15) is 5.56 Å². The molecule has 0 aliphatic heterocycles. The number of rotatable bonds is 6. The number of hydrogen-bond acceptors (Lipinski definition) is 3. The van der Waals surface area contributed by atoms with Crippen molar-refractivity contribution in [2.24, 2.45) is 0 Å². The highest BCUT2D eigenvalue weighted by Crippen LogP contribution is 2.20. The van der Waals surface area contributed by atoms with Gasteiger partial charge >= 0.3 is 0 Å². The van der Waals surface area contributed by atoms with Gasteiger partial charge in [0.05, 0.1) is 11.9 Å². The molecule has 0 atom stereocenters. The second kappa shape index (κ2) is 8.15. The zero-order valence-electron chi connectivity index (χ0n) is 15.0. The minimum atomic E-state index is -0.191. The monoisotopic (exact) mass is 391 g/mol. The van der Waals surface area contributed by atoms with Crippen molar-refractivity contribution >= 4 is 28.3 Å². The Kier molecular flexibility index (Phi) is 5.26. The summed E-state index contributed by atoms with van der Waals surface area (Å²) in [4.78, 5) is 12.1. The molecule has 0 aliphatic rings. The van der Waals surface area contributed by atoms with Crippen LogP contribution in [0.15, 0.2) is 79.1 Å². The van der Waals surface area contributed by atoms with E-state index in [0.717, 1.165) is 22.0 Å². The van der Waals surface area contributed by atoms with E-state index >= 15 is 0 Å². The summed E-state index contributed by atoms with van der Waals surface area (Å²) in [5.41, 5.74) is 1.75. The molecule has 1 aromatic heterocycles. The van der Waals surface area contributed by atoms with Gasteiger partial charge in [-0.05, 0) is 41.1 Å². The Bertz CT molecular complexity index is 1120. The molecule has 4 aromatic rings. The van der Waals surface area contributed by atoms with Crippen molar-refractivity contribution in [1.29, 1.82) is 0 Å². The molecule has 140 valence electrons. The quantitative estimate of drug-likeness (QED) is 0.531. The Morgan fingerprint density at radius 1 is 1.04 bits per heavy atom. The minimum absolute atomic E-state index is 0.0409. The lowest BCUT2D eigenvalue weighted by atomic mass is 10.1. The molecule has 1 heterocycles. The SMILES string of the molecule is O=C(COc1ccc2ccccc2c1)NCc1cnn(-c2cccc(Cl)c2)c1. The van der Waals surface area contributed by atoms with Crippen LogP contribution < -0.4 is 10.1 Å². The molecule has 28 heavy (non-hydrogen) atoms. The van der Waals surface area contributed by atoms with Crippen LogP contribution in [0.2, 0.25) is 5.02 Å². The summed E-state index contributed by atoms with van der Waals surface area (Å²) >= 11 is 6.01. The molecule has 0 saturated carbocycles. The fraction of sp³-hybridized carbons (Fsp3) is 0.0909. The Balaban J connectivity index is 1.31. The van der Waals surface area contributed by atoms with Gasteiger partial charge in [-0.15, -0.1) is 0 Å². The van der Waals surface area contributed by atoms with Crippen LogP contribution in [0.25, 0.3) is 16.5 Å². The Morgan fingerprint density at radius 3 is 2.75 bits per heavy atom. The lowest BCUT2D eigenvalue weighted by molar-refractivity contribution is -0.123. The van der Waals surface area contributed by atoms with Gasteiger partial charge in [-0.3, -0.25) is 4.79 Å². The van der Waals surface area contributed by atoms with E-state index in [1.54, 1.807) is 10.9 Å². The maximum Gasteiger partial charge on any atom is 0.258 e. The number of carbonyl (C=O) groups excluding carboxylic acids is 1. The Morgan fingerprint density at radius 2 is 1.89 bits per heavy atom. The fourth-order valence-electron chi connectivity index (χ4n) is 2.87. The summed E-state index contributed by atoms with van der Waals surface area (Å²) in [7, 11) is 0. The second-order valence-electron chi connectivity index (χ2n) is 6.35. The van der Waals surface area contributed by atoms with Gasteiger partial charge in [0.25, 0.3) is 5.91 Å². The summed E-state index contributed by atoms with van der Waals surface area (Å²) in [5, 5.41) is 10.0. The van der Waals surface area contributed by atoms with E-state index in [4.69, 9.17) is 16.3 Å². The Hall–Kier alpha value is -3.31. The van der Waals surface area contributed by atoms with Crippen molar-refractivity contribution in [2.45, 2.75) is 6.54 Å². The second-order valence-corrected chi connectivity index (χ2v) is 6.78. The standard InChI is InChI=1S/C22H18ClN3O2/c23-19-6-3-7-20(11-19)26-14-16(13-25-26)12-24-22(27)15-28-21-9-8-17-4-1-2-5-18(17)10-21/h1-11,13-14H,12,15H2,(H,24,27). The van der Waals surface area contributed by atoms with Gasteiger partial charge in [0.1, 0.15) is 5.75 Å². The first kappa shape index (κ1) is 18.1. The van der Waals surface area contributed by atoms with Crippen LogP contribution in [0.5, 0.6) is 5.75 Å². The number of aromatic nitrogens is 2. The number of nitrogens with zero attached hydrogens (tertiary/aromatic N) is 2. The van der Waals surface area contributed by atoms with Crippen molar-refractivity contribution in [1.82, 2.24) is 15.1 Å². The van der Waals surface area contributed by atoms with Gasteiger partial charge < -0.3 is 10.1 Å². The average Bonchev–Trinajstić information content (AvgIpc) is 3.20. The van der Waals surface area contributed by atoms with Crippen LogP contribution in [0.4, 0.5) is 0 Å². The summed E-state index contributed by atoms with van der Waals surface area (Å²) in [6, 6.07) is 21.2. The van der Waals surface area contributed by atoms with E-state index in [2.05, 4.69) is 10.4 Å². The third kappa shape index (κ3) is 4.32. The normalized spacial score (nSPS) is 10.8. The van der Waals surface area contributed by atoms with Crippen molar-refractivity contribution in [2.75, 3.05) is 6.61 Å². The first-order valence-electron chi connectivity index (χ1n) is 8.85. The highest BCUT2D eigenvalue weighted by Gasteiger charge is 2.06. The van der Waals surface area contributed by atoms with Crippen LogP contribution in [-0.2, 0) is 11.3 Å². The maximum atomic E-state index is 12.1. The average molecular weight is 392 g/mol. The largest absolute Gasteiger partial charge is 0.484 e. The lowest BCUT2D eigenvalue weighted by Crippen LogP contribution is -2.28. The van der Waals surface area contributed by atoms with Crippen molar-refractivity contribution in [3.05, 3.63) is 89.7 Å². The molecular weight excluding hydrogens is 374 g/mol. The fourth-order valence-corrected chi connectivity index (χ4v) is 3.05. The molecule has 0 bridgehead atoms. The van der Waals surface area contributed by atoms with Gasteiger partial charge in [-0.2, -0.15) is 5.10 Å². The number of hydrogen-bond donors (Lipinski definition) is 1. The number of amides is 1. The Labute approximate surface area is 167 Å². The number of halogens is 1. The van der Waals surface area contributed by atoms with Crippen molar-refractivity contribution in [3.8, 4) is 11.4 Å². The smallest absolute Gasteiger partial charge is 0.258 e. The van der Waals surface area contributed by atoms with E-state index in [0.29, 0.717) is 17.3 Å². The summed E-state index contributed by atoms with van der Waals surface area (Å²) < 4.78 is 7.33. The van der Waals surface area contributed by atoms with Gasteiger partial charge in [-0.1, -0.05) is 48.0 Å². The predicted octanol–water partition coefficient (Wildman–Crippen LogP) is 4.37. The third-order valence-electron chi connectivity index (χ3n) is 4.29. The van der Waals surface area contributed by atoms with Crippen molar-refractivity contribution < 1.29 is 9.53 Å². The third-order valence-corrected chi connectivity index (χ3v) is 4.52. The summed E-state index contributed by atoms with van der Waals surface area (Å²) in [6.45, 7) is 0.335. The molecule has 0 unspecified atom stereocenters. The topological polar surface area (TPSA) is 56.1 Å². The molecule has 1 N–H and O–H groups in total. The molecule has 1 amide bonds. The predicted molar refractivity (Wildman–Crippen MR) is 110 cm³/mol. The zero-order valence-corrected chi connectivity index (χ0v) is 15.8. The lowest BCUT2D eigenvalue weighted by Gasteiger charge is -2.08. The van der Waals surface area contributed by atoms with Crippen LogP contribution >= 0.6 is 11.6 Å². The van der Waals surface area contributed by atoms with Gasteiger partial charge in [0.2, 0.25) is 0 Å². The van der Waals surface area contributed by atoms with Crippen LogP contribution in [-0.4, -0.2) is 22.3 Å². The number of carbonyl (C=O) groups is 1. The first-order valence-corrected chi connectivity index (χ1v) is 9.23. The maximum absolute atomic E-state index is 12.1. The molecule has 6 heteroatoms. The van der Waals surface area contributed by atoms with E-state index in [9.17, 15) is 4.79 Å². The molecule has 3 aromatic carbocycles. The van der Waals surface area contributed by atoms with E-state index in [1.165, 1.54) is 0 Å². The van der Waals surface area contributed by atoms with Crippen LogP contribution in [0, 0.1) is 0 Å². The van der Waals surface area contributed by atoms with Crippen molar-refractivity contribution in [3.63, 3.8) is 0 Å². The zero-order chi connectivity index (χ0) is 19.3. The van der Waals surface area contributed by atoms with E-state index in [1.807, 2.05) is 72.9 Å². The van der Waals surface area contributed by atoms with E-state index < -0.39 is 0 Å².